The van der Waals surface area contributed by atoms with Crippen LogP contribution in [0, 0.1) is 17.8 Å². The summed E-state index contributed by atoms with van der Waals surface area (Å²) in [6.07, 6.45) is 3.96. The molecule has 2 nitrogen and oxygen atoms in total. The van der Waals surface area contributed by atoms with Crippen LogP contribution in [0.2, 0.25) is 0 Å². The predicted molar refractivity (Wildman–Crippen MR) is 110 cm³/mol. The molecule has 0 amide bonds. The van der Waals surface area contributed by atoms with E-state index in [9.17, 15) is 4.79 Å². The van der Waals surface area contributed by atoms with E-state index in [1.54, 1.807) is 0 Å². The van der Waals surface area contributed by atoms with Gasteiger partial charge < -0.3 is 4.74 Å². The van der Waals surface area contributed by atoms with Gasteiger partial charge in [0.15, 0.2) is 0 Å². The fourth-order valence-corrected chi connectivity index (χ4v) is 4.28. The number of carbonyl (C=O) groups is 1. The van der Waals surface area contributed by atoms with Gasteiger partial charge in [-0.15, -0.1) is 0 Å². The quantitative estimate of drug-likeness (QED) is 0.544. The van der Waals surface area contributed by atoms with Gasteiger partial charge in [-0.2, -0.15) is 0 Å². The van der Waals surface area contributed by atoms with Crippen LogP contribution in [0.25, 0.3) is 0 Å². The van der Waals surface area contributed by atoms with Gasteiger partial charge >= 0.3 is 5.97 Å². The lowest BCUT2D eigenvalue weighted by molar-refractivity contribution is -0.157. The number of benzene rings is 2. The zero-order valence-corrected chi connectivity index (χ0v) is 16.8. The zero-order chi connectivity index (χ0) is 19.2. The Bertz CT molecular complexity index is 700. The van der Waals surface area contributed by atoms with Crippen LogP contribution in [0.4, 0.5) is 0 Å². The molecule has 3 rings (SSSR count). The van der Waals surface area contributed by atoms with Gasteiger partial charge in [-0.3, -0.25) is 4.79 Å². The lowest BCUT2D eigenvalue weighted by Crippen LogP contribution is -2.28. The molecule has 144 valence electrons. The summed E-state index contributed by atoms with van der Waals surface area (Å²) in [6, 6.07) is 20.5. The van der Waals surface area contributed by atoms with Crippen LogP contribution < -0.4 is 0 Å². The second-order valence-corrected chi connectivity index (χ2v) is 8.32. The lowest BCUT2D eigenvalue weighted by atomic mass is 9.77. The highest BCUT2D eigenvalue weighted by Gasteiger charge is 2.32. The molecule has 0 heterocycles. The molecular weight excluding hydrogens is 332 g/mol. The highest BCUT2D eigenvalue weighted by molar-refractivity contribution is 5.73. The number of hydrogen-bond acceptors (Lipinski definition) is 2. The van der Waals surface area contributed by atoms with E-state index in [4.69, 9.17) is 4.74 Å². The van der Waals surface area contributed by atoms with Gasteiger partial charge in [0.1, 0.15) is 6.10 Å². The molecule has 0 aromatic heterocycles. The molecule has 1 fully saturated rings. The molecule has 0 radical (unpaired) electrons. The molecule has 27 heavy (non-hydrogen) atoms. The average Bonchev–Trinajstić information content (AvgIpc) is 2.72. The van der Waals surface area contributed by atoms with Crippen molar-refractivity contribution < 1.29 is 9.53 Å². The molecule has 2 aromatic rings. The summed E-state index contributed by atoms with van der Waals surface area (Å²) in [5, 5.41) is 0. The van der Waals surface area contributed by atoms with E-state index in [2.05, 4.69) is 45.0 Å². The molecule has 1 aliphatic rings. The van der Waals surface area contributed by atoms with Crippen molar-refractivity contribution in [3.05, 3.63) is 71.8 Å². The Balaban J connectivity index is 1.73. The minimum absolute atomic E-state index is 0.0196. The summed E-state index contributed by atoms with van der Waals surface area (Å²) in [5.41, 5.74) is 2.26. The number of ether oxygens (including phenoxy) is 1. The van der Waals surface area contributed by atoms with Crippen molar-refractivity contribution in [1.82, 2.24) is 0 Å². The van der Waals surface area contributed by atoms with Crippen LogP contribution in [-0.4, -0.2) is 5.97 Å². The van der Waals surface area contributed by atoms with Crippen LogP contribution >= 0.6 is 0 Å². The molecule has 2 aromatic carbocycles. The standard InChI is InChI=1S/C25H32O2/c1-18(2)20-14-16-23(17-15-20)25(26)27-24(22-12-8-5-9-13-22)19(3)21-10-6-4-7-11-21/h4-13,18-20,23-24H,14-17H2,1-3H3/t19-,20?,23?,24+/m1/s1. The Kier molecular flexibility index (Phi) is 6.71. The Hall–Kier alpha value is -2.09. The maximum absolute atomic E-state index is 13.0. The zero-order valence-electron chi connectivity index (χ0n) is 16.8. The first-order valence-corrected chi connectivity index (χ1v) is 10.4. The van der Waals surface area contributed by atoms with Crippen molar-refractivity contribution in [2.45, 2.75) is 58.5 Å². The van der Waals surface area contributed by atoms with Crippen molar-refractivity contribution in [3.63, 3.8) is 0 Å². The summed E-state index contributed by atoms with van der Waals surface area (Å²) < 4.78 is 6.15. The number of carbonyl (C=O) groups excluding carboxylic acids is 1. The maximum Gasteiger partial charge on any atom is 0.309 e. The number of esters is 1. The highest BCUT2D eigenvalue weighted by Crippen LogP contribution is 2.38. The third-order valence-corrected chi connectivity index (χ3v) is 6.20. The number of hydrogen-bond donors (Lipinski definition) is 0. The first kappa shape index (κ1) is 19.7. The second kappa shape index (κ2) is 9.21. The summed E-state index contributed by atoms with van der Waals surface area (Å²) in [5.74, 6) is 1.60. The largest absolute Gasteiger partial charge is 0.457 e. The van der Waals surface area contributed by atoms with Gasteiger partial charge in [-0.05, 0) is 48.6 Å². The summed E-state index contributed by atoms with van der Waals surface area (Å²) in [4.78, 5) is 13.0. The van der Waals surface area contributed by atoms with E-state index in [0.717, 1.165) is 37.2 Å². The molecular formula is C25H32O2. The third kappa shape index (κ3) is 5.00. The second-order valence-electron chi connectivity index (χ2n) is 8.32. The molecule has 0 bridgehead atoms. The predicted octanol–water partition coefficient (Wildman–Crippen LogP) is 6.54. The molecule has 1 saturated carbocycles. The SMILES string of the molecule is CC(C)C1CCC(C(=O)O[C@H](c2ccccc2)[C@H](C)c2ccccc2)CC1. The minimum Gasteiger partial charge on any atom is -0.457 e. The van der Waals surface area contributed by atoms with Crippen LogP contribution in [-0.2, 0) is 9.53 Å². The maximum atomic E-state index is 13.0. The number of rotatable bonds is 6. The molecule has 1 aliphatic carbocycles. The van der Waals surface area contributed by atoms with E-state index in [0.29, 0.717) is 5.92 Å². The van der Waals surface area contributed by atoms with Crippen LogP contribution in [0.3, 0.4) is 0 Å². The third-order valence-electron chi connectivity index (χ3n) is 6.20. The van der Waals surface area contributed by atoms with E-state index >= 15 is 0 Å². The van der Waals surface area contributed by atoms with Gasteiger partial charge in [0.25, 0.3) is 0 Å². The first-order chi connectivity index (χ1) is 13.1. The fourth-order valence-electron chi connectivity index (χ4n) is 4.28. The smallest absolute Gasteiger partial charge is 0.309 e. The Morgan fingerprint density at radius 1 is 0.815 bits per heavy atom. The Labute approximate surface area is 164 Å². The van der Waals surface area contributed by atoms with Crippen LogP contribution in [0.1, 0.15) is 69.6 Å². The molecule has 2 atom stereocenters. The normalized spacial score (nSPS) is 22.2. The van der Waals surface area contributed by atoms with Gasteiger partial charge in [0, 0.05) is 5.92 Å². The molecule has 0 unspecified atom stereocenters. The summed E-state index contributed by atoms with van der Waals surface area (Å²) in [6.45, 7) is 6.72. The van der Waals surface area contributed by atoms with Crippen molar-refractivity contribution >= 4 is 5.97 Å². The van der Waals surface area contributed by atoms with Gasteiger partial charge in [0.05, 0.1) is 5.92 Å². The van der Waals surface area contributed by atoms with Gasteiger partial charge in [-0.25, -0.2) is 0 Å². The van der Waals surface area contributed by atoms with Gasteiger partial charge in [-0.1, -0.05) is 81.4 Å². The molecule has 0 spiro atoms. The first-order valence-electron chi connectivity index (χ1n) is 10.4. The van der Waals surface area contributed by atoms with E-state index in [-0.39, 0.29) is 23.9 Å². The van der Waals surface area contributed by atoms with Crippen molar-refractivity contribution in [2.24, 2.45) is 17.8 Å². The average molecular weight is 365 g/mol. The van der Waals surface area contributed by atoms with Crippen molar-refractivity contribution in [3.8, 4) is 0 Å². The highest BCUT2D eigenvalue weighted by atomic mass is 16.5. The van der Waals surface area contributed by atoms with Crippen molar-refractivity contribution in [2.75, 3.05) is 0 Å². The van der Waals surface area contributed by atoms with Crippen LogP contribution in [0.5, 0.6) is 0 Å². The monoisotopic (exact) mass is 364 g/mol. The molecule has 0 N–H and O–H groups in total. The molecule has 2 heteroatoms. The van der Waals surface area contributed by atoms with E-state index < -0.39 is 0 Å². The van der Waals surface area contributed by atoms with E-state index in [1.165, 1.54) is 5.56 Å². The minimum atomic E-state index is -0.246. The lowest BCUT2D eigenvalue weighted by Gasteiger charge is -2.32. The molecule has 0 saturated heterocycles. The Morgan fingerprint density at radius 2 is 1.33 bits per heavy atom. The fraction of sp³-hybridized carbons (Fsp3) is 0.480. The summed E-state index contributed by atoms with van der Waals surface area (Å²) in [7, 11) is 0. The van der Waals surface area contributed by atoms with E-state index in [1.807, 2.05) is 36.4 Å². The Morgan fingerprint density at radius 3 is 1.85 bits per heavy atom. The van der Waals surface area contributed by atoms with Crippen LogP contribution in [0.15, 0.2) is 60.7 Å². The van der Waals surface area contributed by atoms with Gasteiger partial charge in [0.2, 0.25) is 0 Å². The topological polar surface area (TPSA) is 26.3 Å². The molecule has 0 aliphatic heterocycles. The van der Waals surface area contributed by atoms with Crippen molar-refractivity contribution in [1.29, 1.82) is 0 Å². The summed E-state index contributed by atoms with van der Waals surface area (Å²) >= 11 is 0.